The molecule has 4 nitrogen and oxygen atoms in total. The van der Waals surface area contributed by atoms with Crippen molar-refractivity contribution in [3.8, 4) is 0 Å². The standard InChI is InChI=1S/C9H16N2O2/c1-13-6-4-11-7-9(10-8-11)3-2-5-12/h7-8,12H,2-6H2,1H3. The van der Waals surface area contributed by atoms with Crippen LogP contribution in [0.15, 0.2) is 12.5 Å². The van der Waals surface area contributed by atoms with Crippen LogP contribution in [-0.4, -0.2) is 35.0 Å². The molecule has 0 saturated carbocycles. The summed E-state index contributed by atoms with van der Waals surface area (Å²) in [5.74, 6) is 0. The third-order valence-electron chi connectivity index (χ3n) is 1.83. The van der Waals surface area contributed by atoms with Gasteiger partial charge in [0.15, 0.2) is 0 Å². The summed E-state index contributed by atoms with van der Waals surface area (Å²) in [6.45, 7) is 1.77. The molecule has 0 atom stereocenters. The van der Waals surface area contributed by atoms with Gasteiger partial charge >= 0.3 is 0 Å². The lowest BCUT2D eigenvalue weighted by molar-refractivity contribution is 0.187. The first kappa shape index (κ1) is 10.2. The highest BCUT2D eigenvalue weighted by Crippen LogP contribution is 1.99. The third-order valence-corrected chi connectivity index (χ3v) is 1.83. The zero-order valence-electron chi connectivity index (χ0n) is 7.94. The average molecular weight is 184 g/mol. The molecule has 0 amide bonds. The molecule has 0 aliphatic carbocycles. The molecule has 1 heterocycles. The molecule has 1 aromatic heterocycles. The second-order valence-electron chi connectivity index (χ2n) is 2.92. The van der Waals surface area contributed by atoms with Gasteiger partial charge in [0.05, 0.1) is 18.6 Å². The van der Waals surface area contributed by atoms with Crippen molar-refractivity contribution < 1.29 is 9.84 Å². The lowest BCUT2D eigenvalue weighted by Crippen LogP contribution is -2.01. The molecular formula is C9H16N2O2. The topological polar surface area (TPSA) is 47.3 Å². The summed E-state index contributed by atoms with van der Waals surface area (Å²) in [5.41, 5.74) is 1.03. The third kappa shape index (κ3) is 3.57. The van der Waals surface area contributed by atoms with Crippen LogP contribution in [0.2, 0.25) is 0 Å². The number of imidazole rings is 1. The summed E-state index contributed by atoms with van der Waals surface area (Å²) in [7, 11) is 1.68. The number of ether oxygens (including phenoxy) is 1. The fourth-order valence-corrected chi connectivity index (χ4v) is 1.11. The molecule has 0 unspecified atom stereocenters. The van der Waals surface area contributed by atoms with Crippen LogP contribution in [0.1, 0.15) is 12.1 Å². The van der Waals surface area contributed by atoms with Gasteiger partial charge in [0.25, 0.3) is 0 Å². The maximum absolute atomic E-state index is 8.62. The van der Waals surface area contributed by atoms with E-state index in [2.05, 4.69) is 4.98 Å². The number of aryl methyl sites for hydroxylation is 1. The zero-order chi connectivity index (χ0) is 9.52. The van der Waals surface area contributed by atoms with E-state index in [4.69, 9.17) is 9.84 Å². The van der Waals surface area contributed by atoms with E-state index in [-0.39, 0.29) is 6.61 Å². The van der Waals surface area contributed by atoms with Gasteiger partial charge in [0.1, 0.15) is 0 Å². The minimum absolute atomic E-state index is 0.227. The Hall–Kier alpha value is -0.870. The number of rotatable bonds is 6. The minimum Gasteiger partial charge on any atom is -0.396 e. The zero-order valence-corrected chi connectivity index (χ0v) is 7.94. The number of aromatic nitrogens is 2. The van der Waals surface area contributed by atoms with Gasteiger partial charge in [-0.05, 0) is 12.8 Å². The summed E-state index contributed by atoms with van der Waals surface area (Å²) < 4.78 is 6.94. The van der Waals surface area contributed by atoms with Crippen molar-refractivity contribution in [1.29, 1.82) is 0 Å². The van der Waals surface area contributed by atoms with Gasteiger partial charge in [0, 0.05) is 26.5 Å². The van der Waals surface area contributed by atoms with Crippen molar-refractivity contribution in [2.75, 3.05) is 20.3 Å². The highest BCUT2D eigenvalue weighted by molar-refractivity contribution is 4.96. The summed E-state index contributed by atoms with van der Waals surface area (Å²) in [6, 6.07) is 0. The normalized spacial score (nSPS) is 10.6. The molecule has 0 aliphatic rings. The van der Waals surface area contributed by atoms with Gasteiger partial charge in [-0.25, -0.2) is 4.98 Å². The summed E-state index contributed by atoms with van der Waals surface area (Å²) >= 11 is 0. The molecule has 0 aliphatic heterocycles. The van der Waals surface area contributed by atoms with E-state index in [1.807, 2.05) is 10.8 Å². The second kappa shape index (κ2) is 5.72. The van der Waals surface area contributed by atoms with E-state index < -0.39 is 0 Å². The van der Waals surface area contributed by atoms with E-state index in [1.165, 1.54) is 0 Å². The number of hydrogen-bond acceptors (Lipinski definition) is 3. The summed E-state index contributed by atoms with van der Waals surface area (Å²) in [6.07, 6.45) is 5.41. The number of nitrogens with zero attached hydrogens (tertiary/aromatic N) is 2. The Labute approximate surface area is 78.2 Å². The highest BCUT2D eigenvalue weighted by Gasteiger charge is 1.97. The van der Waals surface area contributed by atoms with Gasteiger partial charge in [-0.15, -0.1) is 0 Å². The average Bonchev–Trinajstić information content (AvgIpc) is 2.59. The van der Waals surface area contributed by atoms with Crippen LogP contribution in [-0.2, 0) is 17.7 Å². The van der Waals surface area contributed by atoms with Crippen LogP contribution in [0, 0.1) is 0 Å². The van der Waals surface area contributed by atoms with Crippen molar-refractivity contribution in [2.45, 2.75) is 19.4 Å². The fourth-order valence-electron chi connectivity index (χ4n) is 1.11. The Balaban J connectivity index is 2.34. The molecule has 0 fully saturated rings. The molecule has 4 heteroatoms. The maximum atomic E-state index is 8.62. The summed E-state index contributed by atoms with van der Waals surface area (Å²) in [5, 5.41) is 8.62. The molecule has 1 rings (SSSR count). The van der Waals surface area contributed by atoms with Crippen LogP contribution in [0.5, 0.6) is 0 Å². The number of hydrogen-bond donors (Lipinski definition) is 1. The van der Waals surface area contributed by atoms with Crippen LogP contribution in [0.25, 0.3) is 0 Å². The molecule has 0 aromatic carbocycles. The lowest BCUT2D eigenvalue weighted by Gasteiger charge is -1.98. The number of methoxy groups -OCH3 is 1. The predicted molar refractivity (Wildman–Crippen MR) is 49.5 cm³/mol. The highest BCUT2D eigenvalue weighted by atomic mass is 16.5. The first-order chi connectivity index (χ1) is 6.36. The lowest BCUT2D eigenvalue weighted by atomic mass is 10.3. The Kier molecular flexibility index (Phi) is 4.49. The van der Waals surface area contributed by atoms with Crippen molar-refractivity contribution in [3.05, 3.63) is 18.2 Å². The Bertz CT molecular complexity index is 213. The molecule has 0 spiro atoms. The van der Waals surface area contributed by atoms with Crippen molar-refractivity contribution in [2.24, 2.45) is 0 Å². The second-order valence-corrected chi connectivity index (χ2v) is 2.92. The van der Waals surface area contributed by atoms with Crippen LogP contribution in [0.3, 0.4) is 0 Å². The first-order valence-electron chi connectivity index (χ1n) is 4.47. The molecule has 0 bridgehead atoms. The van der Waals surface area contributed by atoms with Gasteiger partial charge < -0.3 is 14.4 Å². The molecule has 1 N–H and O–H groups in total. The fraction of sp³-hybridized carbons (Fsp3) is 0.667. The Morgan fingerprint density at radius 1 is 1.62 bits per heavy atom. The van der Waals surface area contributed by atoms with Crippen LogP contribution >= 0.6 is 0 Å². The van der Waals surface area contributed by atoms with E-state index >= 15 is 0 Å². The van der Waals surface area contributed by atoms with Crippen molar-refractivity contribution in [1.82, 2.24) is 9.55 Å². The van der Waals surface area contributed by atoms with Crippen LogP contribution in [0.4, 0.5) is 0 Å². The molecular weight excluding hydrogens is 168 g/mol. The maximum Gasteiger partial charge on any atom is 0.0950 e. The Morgan fingerprint density at radius 2 is 2.46 bits per heavy atom. The van der Waals surface area contributed by atoms with E-state index in [9.17, 15) is 0 Å². The molecule has 0 saturated heterocycles. The monoisotopic (exact) mass is 184 g/mol. The van der Waals surface area contributed by atoms with E-state index in [1.54, 1.807) is 13.4 Å². The first-order valence-corrected chi connectivity index (χ1v) is 4.47. The van der Waals surface area contributed by atoms with Gasteiger partial charge in [-0.2, -0.15) is 0 Å². The van der Waals surface area contributed by atoms with Crippen molar-refractivity contribution >= 4 is 0 Å². The Morgan fingerprint density at radius 3 is 3.15 bits per heavy atom. The minimum atomic E-state index is 0.227. The number of aliphatic hydroxyl groups is 1. The predicted octanol–water partition coefficient (Wildman–Crippen LogP) is 0.454. The SMILES string of the molecule is COCCn1cnc(CCCO)c1. The van der Waals surface area contributed by atoms with Gasteiger partial charge in [-0.3, -0.25) is 0 Å². The molecule has 1 aromatic rings. The molecule has 74 valence electrons. The van der Waals surface area contributed by atoms with Crippen molar-refractivity contribution in [3.63, 3.8) is 0 Å². The van der Waals surface area contributed by atoms with Gasteiger partial charge in [-0.1, -0.05) is 0 Å². The van der Waals surface area contributed by atoms with Gasteiger partial charge in [0.2, 0.25) is 0 Å². The largest absolute Gasteiger partial charge is 0.396 e. The quantitative estimate of drug-likeness (QED) is 0.698. The van der Waals surface area contributed by atoms with Crippen LogP contribution < -0.4 is 0 Å². The smallest absolute Gasteiger partial charge is 0.0950 e. The van der Waals surface area contributed by atoms with E-state index in [0.717, 1.165) is 25.1 Å². The molecule has 0 radical (unpaired) electrons. The summed E-state index contributed by atoms with van der Waals surface area (Å²) in [4.78, 5) is 4.20. The number of aliphatic hydroxyl groups excluding tert-OH is 1. The van der Waals surface area contributed by atoms with E-state index in [0.29, 0.717) is 6.61 Å². The molecule has 13 heavy (non-hydrogen) atoms.